The van der Waals surface area contributed by atoms with Gasteiger partial charge >= 0.3 is 0 Å². The zero-order valence-electron chi connectivity index (χ0n) is 12.1. The van der Waals surface area contributed by atoms with E-state index in [4.69, 9.17) is 0 Å². The quantitative estimate of drug-likeness (QED) is 0.842. The number of halogens is 2. The Hall–Kier alpha value is -1.19. The Morgan fingerprint density at radius 2 is 1.86 bits per heavy atom. The van der Waals surface area contributed by atoms with Crippen molar-refractivity contribution in [2.45, 2.75) is 31.7 Å². The third kappa shape index (κ3) is 2.90. The third-order valence-electron chi connectivity index (χ3n) is 4.29. The lowest BCUT2D eigenvalue weighted by molar-refractivity contribution is 0.570. The Balaban J connectivity index is 2.02. The van der Waals surface area contributed by atoms with Crippen molar-refractivity contribution in [1.82, 2.24) is 5.32 Å². The van der Waals surface area contributed by atoms with Gasteiger partial charge in [-0.1, -0.05) is 30.3 Å². The van der Waals surface area contributed by atoms with Crippen molar-refractivity contribution in [3.8, 4) is 0 Å². The van der Waals surface area contributed by atoms with Gasteiger partial charge in [-0.3, -0.25) is 0 Å². The molecule has 0 radical (unpaired) electrons. The van der Waals surface area contributed by atoms with Crippen molar-refractivity contribution in [2.24, 2.45) is 0 Å². The van der Waals surface area contributed by atoms with Gasteiger partial charge in [0.1, 0.15) is 5.82 Å². The molecule has 0 bridgehead atoms. The fourth-order valence-corrected chi connectivity index (χ4v) is 3.56. The summed E-state index contributed by atoms with van der Waals surface area (Å²) in [6.07, 6.45) is 4.85. The summed E-state index contributed by atoms with van der Waals surface area (Å²) < 4.78 is 14.9. The zero-order valence-corrected chi connectivity index (χ0v) is 13.7. The predicted molar refractivity (Wildman–Crippen MR) is 88.1 cm³/mol. The summed E-state index contributed by atoms with van der Waals surface area (Å²) in [4.78, 5) is 0. The largest absolute Gasteiger partial charge is 0.309 e. The third-order valence-corrected chi connectivity index (χ3v) is 4.90. The molecular formula is C18H19BrFN. The van der Waals surface area contributed by atoms with Crippen molar-refractivity contribution in [1.29, 1.82) is 0 Å². The maximum absolute atomic E-state index is 14.4. The van der Waals surface area contributed by atoms with Crippen LogP contribution < -0.4 is 5.32 Å². The lowest BCUT2D eigenvalue weighted by Gasteiger charge is -2.22. The van der Waals surface area contributed by atoms with Crippen LogP contribution in [0.15, 0.2) is 40.9 Å². The molecule has 1 N–H and O–H groups in total. The Morgan fingerprint density at radius 1 is 1.10 bits per heavy atom. The van der Waals surface area contributed by atoms with Crippen molar-refractivity contribution in [3.05, 3.63) is 68.9 Å². The molecule has 3 heteroatoms. The Labute approximate surface area is 133 Å². The number of aryl methyl sites for hydroxylation is 2. The van der Waals surface area contributed by atoms with Gasteiger partial charge in [0.05, 0.1) is 10.5 Å². The molecular weight excluding hydrogens is 329 g/mol. The lowest BCUT2D eigenvalue weighted by Crippen LogP contribution is -2.19. The molecule has 0 heterocycles. The van der Waals surface area contributed by atoms with E-state index < -0.39 is 0 Å². The molecule has 110 valence electrons. The maximum atomic E-state index is 14.4. The second-order valence-corrected chi connectivity index (χ2v) is 6.45. The molecule has 2 aromatic carbocycles. The number of benzene rings is 2. The van der Waals surface area contributed by atoms with E-state index in [1.165, 1.54) is 30.4 Å². The van der Waals surface area contributed by atoms with Gasteiger partial charge in [0.25, 0.3) is 0 Å². The fraction of sp³-hybridized carbons (Fsp3) is 0.333. The Kier molecular flexibility index (Phi) is 4.41. The van der Waals surface area contributed by atoms with E-state index in [9.17, 15) is 4.39 Å². The molecule has 0 amide bonds. The summed E-state index contributed by atoms with van der Waals surface area (Å²) >= 11 is 3.27. The smallest absolute Gasteiger partial charge is 0.142 e. The zero-order chi connectivity index (χ0) is 14.8. The highest BCUT2D eigenvalue weighted by atomic mass is 79.9. The van der Waals surface area contributed by atoms with Gasteiger partial charge in [0, 0.05) is 5.56 Å². The number of rotatable bonds is 3. The minimum Gasteiger partial charge on any atom is -0.309 e. The van der Waals surface area contributed by atoms with Crippen LogP contribution in [0.4, 0.5) is 4.39 Å². The fourth-order valence-electron chi connectivity index (χ4n) is 3.18. The second-order valence-electron chi connectivity index (χ2n) is 5.60. The van der Waals surface area contributed by atoms with Gasteiger partial charge in [0.15, 0.2) is 0 Å². The molecule has 0 spiro atoms. The number of nitrogens with one attached hydrogen (secondary N) is 1. The van der Waals surface area contributed by atoms with Crippen molar-refractivity contribution in [2.75, 3.05) is 7.05 Å². The molecule has 0 fully saturated rings. The van der Waals surface area contributed by atoms with E-state index in [0.717, 1.165) is 12.0 Å². The number of hydrogen-bond acceptors (Lipinski definition) is 1. The standard InChI is InChI=1S/C18H19BrFN/c1-21-18(15-7-4-8-16(19)17(15)20)14-10-9-12-5-2-3-6-13(12)11-14/h4,7-11,18,21H,2-3,5-6H2,1H3. The van der Waals surface area contributed by atoms with E-state index in [2.05, 4.69) is 39.4 Å². The van der Waals surface area contributed by atoms with E-state index in [1.54, 1.807) is 6.07 Å². The van der Waals surface area contributed by atoms with Crippen molar-refractivity contribution < 1.29 is 4.39 Å². The maximum Gasteiger partial charge on any atom is 0.142 e. The molecule has 0 saturated heterocycles. The minimum atomic E-state index is -0.186. The molecule has 2 aromatic rings. The van der Waals surface area contributed by atoms with Gasteiger partial charge in [-0.15, -0.1) is 0 Å². The first-order valence-corrected chi connectivity index (χ1v) is 8.23. The minimum absolute atomic E-state index is 0.116. The molecule has 1 aliphatic rings. The monoisotopic (exact) mass is 347 g/mol. The van der Waals surface area contributed by atoms with E-state index in [-0.39, 0.29) is 11.9 Å². The van der Waals surface area contributed by atoms with E-state index in [1.807, 2.05) is 19.2 Å². The van der Waals surface area contributed by atoms with Crippen LogP contribution in [0, 0.1) is 5.82 Å². The predicted octanol–water partition coefficient (Wildman–Crippen LogP) is 4.78. The first-order chi connectivity index (χ1) is 10.2. The Bertz CT molecular complexity index is 654. The average molecular weight is 348 g/mol. The molecule has 1 nitrogen and oxygen atoms in total. The van der Waals surface area contributed by atoms with Crippen LogP contribution in [0.1, 0.15) is 41.1 Å². The van der Waals surface area contributed by atoms with Gasteiger partial charge < -0.3 is 5.32 Å². The van der Waals surface area contributed by atoms with Crippen molar-refractivity contribution >= 4 is 15.9 Å². The summed E-state index contributed by atoms with van der Waals surface area (Å²) in [5.41, 5.74) is 4.70. The summed E-state index contributed by atoms with van der Waals surface area (Å²) in [6.45, 7) is 0. The molecule has 1 unspecified atom stereocenters. The highest BCUT2D eigenvalue weighted by Gasteiger charge is 2.19. The van der Waals surface area contributed by atoms with Crippen LogP contribution >= 0.6 is 15.9 Å². The first kappa shape index (κ1) is 14.7. The van der Waals surface area contributed by atoms with E-state index in [0.29, 0.717) is 10.0 Å². The summed E-state index contributed by atoms with van der Waals surface area (Å²) in [5.74, 6) is -0.186. The first-order valence-electron chi connectivity index (χ1n) is 7.43. The molecule has 3 rings (SSSR count). The molecule has 0 aromatic heterocycles. The van der Waals surface area contributed by atoms with Gasteiger partial charge in [-0.05, 0) is 71.4 Å². The van der Waals surface area contributed by atoms with Crippen LogP contribution in [0.3, 0.4) is 0 Å². The van der Waals surface area contributed by atoms with E-state index >= 15 is 0 Å². The van der Waals surface area contributed by atoms with Gasteiger partial charge in [-0.25, -0.2) is 4.39 Å². The average Bonchev–Trinajstić information content (AvgIpc) is 2.52. The SMILES string of the molecule is CNC(c1ccc2c(c1)CCCC2)c1cccc(Br)c1F. The van der Waals surface area contributed by atoms with Gasteiger partial charge in [-0.2, -0.15) is 0 Å². The highest BCUT2D eigenvalue weighted by molar-refractivity contribution is 9.10. The van der Waals surface area contributed by atoms with Crippen LogP contribution in [-0.2, 0) is 12.8 Å². The summed E-state index contributed by atoms with van der Waals surface area (Å²) in [6, 6.07) is 11.9. The van der Waals surface area contributed by atoms with Gasteiger partial charge in [0.2, 0.25) is 0 Å². The summed E-state index contributed by atoms with van der Waals surface area (Å²) in [5, 5.41) is 3.25. The molecule has 0 saturated carbocycles. The Morgan fingerprint density at radius 3 is 2.62 bits per heavy atom. The number of hydrogen-bond donors (Lipinski definition) is 1. The van der Waals surface area contributed by atoms with Crippen LogP contribution in [0.2, 0.25) is 0 Å². The van der Waals surface area contributed by atoms with Crippen LogP contribution in [0.5, 0.6) is 0 Å². The molecule has 1 aliphatic carbocycles. The second kappa shape index (κ2) is 6.29. The summed E-state index contributed by atoms with van der Waals surface area (Å²) in [7, 11) is 1.88. The molecule has 0 aliphatic heterocycles. The topological polar surface area (TPSA) is 12.0 Å². The van der Waals surface area contributed by atoms with Crippen LogP contribution in [-0.4, -0.2) is 7.05 Å². The highest BCUT2D eigenvalue weighted by Crippen LogP contribution is 2.31. The molecule has 21 heavy (non-hydrogen) atoms. The number of fused-ring (bicyclic) bond motifs is 1. The normalized spacial score (nSPS) is 15.6. The van der Waals surface area contributed by atoms with Crippen LogP contribution in [0.25, 0.3) is 0 Å². The van der Waals surface area contributed by atoms with Crippen molar-refractivity contribution in [3.63, 3.8) is 0 Å². The lowest BCUT2D eigenvalue weighted by atomic mass is 9.88. The molecule has 1 atom stereocenters.